The van der Waals surface area contributed by atoms with E-state index < -0.39 is 0 Å². The summed E-state index contributed by atoms with van der Waals surface area (Å²) in [6.45, 7) is 4.95. The second-order valence-electron chi connectivity index (χ2n) is 7.56. The molecule has 0 spiro atoms. The van der Waals surface area contributed by atoms with Crippen LogP contribution in [0.4, 0.5) is 10.1 Å². The van der Waals surface area contributed by atoms with Gasteiger partial charge < -0.3 is 14.6 Å². The summed E-state index contributed by atoms with van der Waals surface area (Å²) in [7, 11) is 0. The van der Waals surface area contributed by atoms with Gasteiger partial charge in [0.15, 0.2) is 0 Å². The summed E-state index contributed by atoms with van der Waals surface area (Å²) in [5.74, 6) is 0.421. The molecular formula is C24H26FN3O2. The van der Waals surface area contributed by atoms with Gasteiger partial charge in [-0.25, -0.2) is 4.39 Å². The van der Waals surface area contributed by atoms with Gasteiger partial charge >= 0.3 is 0 Å². The molecular weight excluding hydrogens is 381 g/mol. The normalized spacial score (nSPS) is 15.0. The van der Waals surface area contributed by atoms with E-state index >= 15 is 0 Å². The van der Waals surface area contributed by atoms with E-state index in [1.54, 1.807) is 12.3 Å². The molecule has 0 atom stereocenters. The fourth-order valence-corrected chi connectivity index (χ4v) is 3.79. The molecule has 1 amide bonds. The number of carbonyl (C=O) groups excluding carboxylic acids is 1. The number of carbonyl (C=O) groups is 1. The minimum absolute atomic E-state index is 0.105. The van der Waals surface area contributed by atoms with Crippen LogP contribution < -0.4 is 10.2 Å². The largest absolute Gasteiger partial charge is 0.467 e. The van der Waals surface area contributed by atoms with Gasteiger partial charge in [0.1, 0.15) is 11.6 Å². The van der Waals surface area contributed by atoms with Gasteiger partial charge in [-0.05, 0) is 60.5 Å². The number of amides is 1. The first kappa shape index (κ1) is 20.2. The van der Waals surface area contributed by atoms with Crippen LogP contribution in [-0.2, 0) is 13.1 Å². The van der Waals surface area contributed by atoms with Crippen LogP contribution in [0.2, 0.25) is 0 Å². The second kappa shape index (κ2) is 9.59. The molecule has 6 heteroatoms. The monoisotopic (exact) mass is 407 g/mol. The van der Waals surface area contributed by atoms with E-state index in [2.05, 4.69) is 21.2 Å². The summed E-state index contributed by atoms with van der Waals surface area (Å²) >= 11 is 0. The number of nitrogens with zero attached hydrogens (tertiary/aromatic N) is 2. The number of nitrogens with one attached hydrogen (secondary N) is 1. The van der Waals surface area contributed by atoms with Crippen molar-refractivity contribution >= 4 is 11.6 Å². The van der Waals surface area contributed by atoms with E-state index in [-0.39, 0.29) is 11.7 Å². The molecule has 3 aromatic rings. The number of anilines is 1. The fourth-order valence-electron chi connectivity index (χ4n) is 3.79. The van der Waals surface area contributed by atoms with Crippen molar-refractivity contribution in [2.75, 3.05) is 31.1 Å². The van der Waals surface area contributed by atoms with E-state index in [1.165, 1.54) is 12.1 Å². The number of furan rings is 1. The highest BCUT2D eigenvalue weighted by atomic mass is 19.1. The predicted octanol–water partition coefficient (Wildman–Crippen LogP) is 4.06. The Balaban J connectivity index is 1.33. The van der Waals surface area contributed by atoms with E-state index in [0.29, 0.717) is 12.1 Å². The van der Waals surface area contributed by atoms with Crippen LogP contribution in [-0.4, -0.2) is 37.0 Å². The van der Waals surface area contributed by atoms with Gasteiger partial charge in [0, 0.05) is 44.0 Å². The lowest BCUT2D eigenvalue weighted by atomic mass is 10.1. The second-order valence-corrected chi connectivity index (χ2v) is 7.56. The Morgan fingerprint density at radius 1 is 1.00 bits per heavy atom. The summed E-state index contributed by atoms with van der Waals surface area (Å²) in [4.78, 5) is 17.2. The topological polar surface area (TPSA) is 48.7 Å². The van der Waals surface area contributed by atoms with Gasteiger partial charge in [-0.15, -0.1) is 0 Å². The Bertz CT molecular complexity index is 957. The van der Waals surface area contributed by atoms with Crippen molar-refractivity contribution in [1.82, 2.24) is 10.2 Å². The molecule has 5 nitrogen and oxygen atoms in total. The zero-order chi connectivity index (χ0) is 20.8. The van der Waals surface area contributed by atoms with E-state index in [0.717, 1.165) is 56.2 Å². The average molecular weight is 407 g/mol. The van der Waals surface area contributed by atoms with Crippen molar-refractivity contribution in [2.24, 2.45) is 0 Å². The van der Waals surface area contributed by atoms with Crippen LogP contribution in [0.15, 0.2) is 71.3 Å². The number of hydrogen-bond donors (Lipinski definition) is 1. The summed E-state index contributed by atoms with van der Waals surface area (Å²) in [6, 6.07) is 18.1. The zero-order valence-corrected chi connectivity index (χ0v) is 16.9. The van der Waals surface area contributed by atoms with Crippen LogP contribution in [0.5, 0.6) is 0 Å². The van der Waals surface area contributed by atoms with Gasteiger partial charge in [-0.1, -0.05) is 12.1 Å². The molecule has 1 N–H and O–H groups in total. The van der Waals surface area contributed by atoms with Gasteiger partial charge in [0.05, 0.1) is 12.8 Å². The molecule has 0 bridgehead atoms. The van der Waals surface area contributed by atoms with E-state index in [4.69, 9.17) is 4.42 Å². The summed E-state index contributed by atoms with van der Waals surface area (Å²) in [5, 5.41) is 2.89. The maximum Gasteiger partial charge on any atom is 0.251 e. The number of hydrogen-bond acceptors (Lipinski definition) is 4. The third kappa shape index (κ3) is 5.27. The number of benzene rings is 2. The highest BCUT2D eigenvalue weighted by Crippen LogP contribution is 2.18. The zero-order valence-electron chi connectivity index (χ0n) is 16.9. The van der Waals surface area contributed by atoms with Gasteiger partial charge in [-0.3, -0.25) is 9.69 Å². The first-order valence-electron chi connectivity index (χ1n) is 10.3. The summed E-state index contributed by atoms with van der Waals surface area (Å²) < 4.78 is 18.4. The molecule has 2 heterocycles. The van der Waals surface area contributed by atoms with Crippen molar-refractivity contribution in [3.05, 3.63) is 89.6 Å². The smallest absolute Gasteiger partial charge is 0.251 e. The fraction of sp³-hybridized carbons (Fsp3) is 0.292. The average Bonchev–Trinajstić information content (AvgIpc) is 3.18. The lowest BCUT2D eigenvalue weighted by molar-refractivity contribution is 0.0948. The van der Waals surface area contributed by atoms with Crippen LogP contribution in [0.3, 0.4) is 0 Å². The molecule has 0 unspecified atom stereocenters. The summed E-state index contributed by atoms with van der Waals surface area (Å²) in [6.07, 6.45) is 2.64. The van der Waals surface area contributed by atoms with E-state index in [9.17, 15) is 9.18 Å². The minimum Gasteiger partial charge on any atom is -0.467 e. The molecule has 1 aliphatic heterocycles. The highest BCUT2D eigenvalue weighted by Gasteiger charge is 2.16. The Morgan fingerprint density at radius 3 is 2.67 bits per heavy atom. The molecule has 1 saturated heterocycles. The standard InChI is InChI=1S/C24H26FN3O2/c25-21-7-9-22(10-8-21)28-12-3-11-27(13-14-28)18-19-4-1-5-20(16-19)24(29)26-17-23-6-2-15-30-23/h1-2,4-10,15-16H,3,11-14,17-18H2,(H,26,29). The van der Waals surface area contributed by atoms with Gasteiger partial charge in [0.25, 0.3) is 5.91 Å². The van der Waals surface area contributed by atoms with Crippen LogP contribution in [0, 0.1) is 5.82 Å². The summed E-state index contributed by atoms with van der Waals surface area (Å²) in [5.41, 5.74) is 2.84. The molecule has 1 aromatic heterocycles. The van der Waals surface area contributed by atoms with Crippen molar-refractivity contribution in [3.8, 4) is 0 Å². The Morgan fingerprint density at radius 2 is 1.87 bits per heavy atom. The Labute approximate surface area is 176 Å². The molecule has 30 heavy (non-hydrogen) atoms. The van der Waals surface area contributed by atoms with Crippen molar-refractivity contribution < 1.29 is 13.6 Å². The number of halogens is 1. The quantitative estimate of drug-likeness (QED) is 0.670. The van der Waals surface area contributed by atoms with Gasteiger partial charge in [0.2, 0.25) is 0 Å². The Kier molecular flexibility index (Phi) is 6.44. The first-order valence-corrected chi connectivity index (χ1v) is 10.3. The molecule has 0 radical (unpaired) electrons. The van der Waals surface area contributed by atoms with Crippen molar-refractivity contribution in [1.29, 1.82) is 0 Å². The number of rotatable bonds is 6. The molecule has 156 valence electrons. The van der Waals surface area contributed by atoms with Crippen molar-refractivity contribution in [2.45, 2.75) is 19.5 Å². The molecule has 1 aliphatic rings. The lowest BCUT2D eigenvalue weighted by Gasteiger charge is -2.23. The predicted molar refractivity (Wildman–Crippen MR) is 115 cm³/mol. The van der Waals surface area contributed by atoms with Crippen molar-refractivity contribution in [3.63, 3.8) is 0 Å². The highest BCUT2D eigenvalue weighted by molar-refractivity contribution is 5.94. The molecule has 0 aliphatic carbocycles. The maximum absolute atomic E-state index is 13.2. The van der Waals surface area contributed by atoms with Crippen LogP contribution in [0.1, 0.15) is 28.1 Å². The van der Waals surface area contributed by atoms with Crippen LogP contribution >= 0.6 is 0 Å². The molecule has 1 fully saturated rings. The molecule has 4 rings (SSSR count). The maximum atomic E-state index is 13.2. The third-order valence-corrected chi connectivity index (χ3v) is 5.38. The van der Waals surface area contributed by atoms with Gasteiger partial charge in [-0.2, -0.15) is 0 Å². The Hall–Kier alpha value is -3.12. The van der Waals surface area contributed by atoms with Crippen LogP contribution in [0.25, 0.3) is 0 Å². The lowest BCUT2D eigenvalue weighted by Crippen LogP contribution is -2.30. The molecule has 2 aromatic carbocycles. The molecule has 0 saturated carbocycles. The third-order valence-electron chi connectivity index (χ3n) is 5.38. The minimum atomic E-state index is -0.205. The SMILES string of the molecule is O=C(NCc1ccco1)c1cccc(CN2CCCN(c3ccc(F)cc3)CC2)c1. The first-order chi connectivity index (χ1) is 14.7. The van der Waals surface area contributed by atoms with E-state index in [1.807, 2.05) is 36.4 Å².